The zero-order chi connectivity index (χ0) is 18.5. The van der Waals surface area contributed by atoms with Gasteiger partial charge in [-0.15, -0.1) is 0 Å². The number of carbonyl (C=O) groups is 2. The molecule has 0 radical (unpaired) electrons. The first kappa shape index (κ1) is 18.5. The minimum absolute atomic E-state index is 0.0146. The molecule has 1 aromatic heterocycles. The van der Waals surface area contributed by atoms with Crippen LogP contribution in [-0.2, 0) is 11.3 Å². The SMILES string of the molecule is NC(=O)CCC1CCCN(C(=O)c2cnn(Cc3ccccc3Cl)c2)C1. The number of aromatic nitrogens is 2. The zero-order valence-electron chi connectivity index (χ0n) is 14.6. The van der Waals surface area contributed by atoms with Crippen LogP contribution in [-0.4, -0.2) is 39.6 Å². The van der Waals surface area contributed by atoms with Gasteiger partial charge in [-0.1, -0.05) is 29.8 Å². The highest BCUT2D eigenvalue weighted by atomic mass is 35.5. The second-order valence-corrected chi connectivity index (χ2v) is 7.19. The summed E-state index contributed by atoms with van der Waals surface area (Å²) in [6.45, 7) is 1.93. The molecule has 2 aromatic rings. The Kier molecular flexibility index (Phi) is 5.93. The number of primary amides is 1. The number of hydrogen-bond acceptors (Lipinski definition) is 3. The molecule has 2 N–H and O–H groups in total. The van der Waals surface area contributed by atoms with E-state index in [1.165, 1.54) is 0 Å². The third-order valence-corrected chi connectivity index (χ3v) is 5.14. The number of halogens is 1. The van der Waals surface area contributed by atoms with E-state index in [0.717, 1.165) is 31.4 Å². The summed E-state index contributed by atoms with van der Waals surface area (Å²) in [5, 5.41) is 4.98. The minimum Gasteiger partial charge on any atom is -0.370 e. The van der Waals surface area contributed by atoms with Crippen LogP contribution in [0.1, 0.15) is 41.6 Å². The Morgan fingerprint density at radius 1 is 1.31 bits per heavy atom. The highest BCUT2D eigenvalue weighted by Gasteiger charge is 2.25. The second kappa shape index (κ2) is 8.36. The molecular weight excluding hydrogens is 352 g/mol. The first-order chi connectivity index (χ1) is 12.5. The molecule has 1 unspecified atom stereocenters. The highest BCUT2D eigenvalue weighted by molar-refractivity contribution is 6.31. The minimum atomic E-state index is -0.283. The number of likely N-dealkylation sites (tertiary alicyclic amines) is 1. The molecule has 0 aliphatic carbocycles. The van der Waals surface area contributed by atoms with Crippen molar-refractivity contribution in [1.82, 2.24) is 14.7 Å². The largest absolute Gasteiger partial charge is 0.370 e. The Balaban J connectivity index is 1.62. The predicted molar refractivity (Wildman–Crippen MR) is 99.8 cm³/mol. The molecule has 26 heavy (non-hydrogen) atoms. The molecule has 1 atom stereocenters. The van der Waals surface area contributed by atoms with Crippen LogP contribution in [0, 0.1) is 5.92 Å². The Morgan fingerprint density at radius 3 is 2.88 bits per heavy atom. The molecule has 6 nitrogen and oxygen atoms in total. The number of piperidine rings is 1. The third kappa shape index (κ3) is 4.64. The normalized spacial score (nSPS) is 17.3. The smallest absolute Gasteiger partial charge is 0.257 e. The number of benzene rings is 1. The van der Waals surface area contributed by atoms with Gasteiger partial charge in [0.25, 0.3) is 5.91 Å². The molecular formula is C19H23ClN4O2. The van der Waals surface area contributed by atoms with Crippen LogP contribution in [0.4, 0.5) is 0 Å². The summed E-state index contributed by atoms with van der Waals surface area (Å²) in [5.74, 6) is 0.0341. The third-order valence-electron chi connectivity index (χ3n) is 4.78. The first-order valence-electron chi connectivity index (χ1n) is 8.86. The van der Waals surface area contributed by atoms with Crippen LogP contribution >= 0.6 is 11.6 Å². The van der Waals surface area contributed by atoms with Gasteiger partial charge in [0.15, 0.2) is 0 Å². The van der Waals surface area contributed by atoms with Crippen molar-refractivity contribution < 1.29 is 9.59 Å². The van der Waals surface area contributed by atoms with Crippen molar-refractivity contribution in [2.24, 2.45) is 11.7 Å². The number of hydrogen-bond donors (Lipinski definition) is 1. The van der Waals surface area contributed by atoms with E-state index in [1.54, 1.807) is 17.1 Å². The van der Waals surface area contributed by atoms with Crippen molar-refractivity contribution >= 4 is 23.4 Å². The molecule has 138 valence electrons. The number of rotatable bonds is 6. The molecule has 1 aliphatic heterocycles. The summed E-state index contributed by atoms with van der Waals surface area (Å²) in [6.07, 6.45) is 6.46. The second-order valence-electron chi connectivity index (χ2n) is 6.78. The lowest BCUT2D eigenvalue weighted by atomic mass is 9.93. The van der Waals surface area contributed by atoms with E-state index in [9.17, 15) is 9.59 Å². The van der Waals surface area contributed by atoms with E-state index in [0.29, 0.717) is 36.0 Å². The van der Waals surface area contributed by atoms with Crippen molar-refractivity contribution in [3.8, 4) is 0 Å². The highest BCUT2D eigenvalue weighted by Crippen LogP contribution is 2.22. The van der Waals surface area contributed by atoms with Gasteiger partial charge in [0, 0.05) is 30.7 Å². The average molecular weight is 375 g/mol. The Bertz CT molecular complexity index is 789. The number of carbonyl (C=O) groups excluding carboxylic acids is 2. The van der Waals surface area contributed by atoms with Crippen LogP contribution in [0.25, 0.3) is 0 Å². The predicted octanol–water partition coefficient (Wildman–Crippen LogP) is 2.70. The molecule has 0 spiro atoms. The number of amides is 2. The lowest BCUT2D eigenvalue weighted by Gasteiger charge is -2.32. The van der Waals surface area contributed by atoms with Gasteiger partial charge < -0.3 is 10.6 Å². The van der Waals surface area contributed by atoms with Crippen molar-refractivity contribution in [2.45, 2.75) is 32.2 Å². The summed E-state index contributed by atoms with van der Waals surface area (Å²) in [4.78, 5) is 25.6. The fraction of sp³-hybridized carbons (Fsp3) is 0.421. The van der Waals surface area contributed by atoms with E-state index in [4.69, 9.17) is 17.3 Å². The molecule has 2 amide bonds. The fourth-order valence-electron chi connectivity index (χ4n) is 3.38. The van der Waals surface area contributed by atoms with Gasteiger partial charge in [-0.3, -0.25) is 14.3 Å². The first-order valence-corrected chi connectivity index (χ1v) is 9.24. The average Bonchev–Trinajstić information content (AvgIpc) is 3.10. The van der Waals surface area contributed by atoms with Gasteiger partial charge in [-0.05, 0) is 36.8 Å². The van der Waals surface area contributed by atoms with E-state index in [1.807, 2.05) is 29.2 Å². The molecule has 1 fully saturated rings. The maximum Gasteiger partial charge on any atom is 0.257 e. The van der Waals surface area contributed by atoms with Crippen molar-refractivity contribution in [2.75, 3.05) is 13.1 Å². The standard InChI is InChI=1S/C19H23ClN4O2/c20-17-6-2-1-5-15(17)12-24-13-16(10-22-24)19(26)23-9-3-4-14(11-23)7-8-18(21)25/h1-2,5-6,10,13-14H,3-4,7-9,11-12H2,(H2,21,25). The van der Waals surface area contributed by atoms with E-state index < -0.39 is 0 Å². The van der Waals surface area contributed by atoms with Gasteiger partial charge in [0.2, 0.25) is 5.91 Å². The lowest BCUT2D eigenvalue weighted by molar-refractivity contribution is -0.118. The maximum absolute atomic E-state index is 12.8. The van der Waals surface area contributed by atoms with Gasteiger partial charge in [0.05, 0.1) is 18.3 Å². The molecule has 1 aromatic carbocycles. The van der Waals surface area contributed by atoms with Crippen LogP contribution in [0.3, 0.4) is 0 Å². The quantitative estimate of drug-likeness (QED) is 0.844. The van der Waals surface area contributed by atoms with Gasteiger partial charge >= 0.3 is 0 Å². The number of nitrogens with two attached hydrogens (primary N) is 1. The monoisotopic (exact) mass is 374 g/mol. The molecule has 0 saturated carbocycles. The molecule has 0 bridgehead atoms. The van der Waals surface area contributed by atoms with Crippen LogP contribution in [0.15, 0.2) is 36.7 Å². The van der Waals surface area contributed by atoms with E-state index in [-0.39, 0.29) is 11.8 Å². The van der Waals surface area contributed by atoms with Crippen LogP contribution < -0.4 is 5.73 Å². The number of nitrogens with zero attached hydrogens (tertiary/aromatic N) is 3. The van der Waals surface area contributed by atoms with Crippen LogP contribution in [0.2, 0.25) is 5.02 Å². The summed E-state index contributed by atoms with van der Waals surface area (Å²) >= 11 is 6.18. The van der Waals surface area contributed by atoms with Crippen molar-refractivity contribution in [1.29, 1.82) is 0 Å². The molecule has 7 heteroatoms. The molecule has 2 heterocycles. The van der Waals surface area contributed by atoms with Crippen molar-refractivity contribution in [3.05, 3.63) is 52.8 Å². The summed E-state index contributed by atoms with van der Waals surface area (Å²) < 4.78 is 1.73. The Morgan fingerprint density at radius 2 is 2.12 bits per heavy atom. The summed E-state index contributed by atoms with van der Waals surface area (Å²) in [6, 6.07) is 7.59. The van der Waals surface area contributed by atoms with Gasteiger partial charge in [-0.2, -0.15) is 5.10 Å². The Labute approximate surface area is 157 Å². The van der Waals surface area contributed by atoms with Gasteiger partial charge in [-0.25, -0.2) is 0 Å². The van der Waals surface area contributed by atoms with Crippen molar-refractivity contribution in [3.63, 3.8) is 0 Å². The lowest BCUT2D eigenvalue weighted by Crippen LogP contribution is -2.40. The van der Waals surface area contributed by atoms with Crippen LogP contribution in [0.5, 0.6) is 0 Å². The Hall–Kier alpha value is -2.34. The molecule has 1 saturated heterocycles. The molecule has 1 aliphatic rings. The van der Waals surface area contributed by atoms with Gasteiger partial charge in [0.1, 0.15) is 0 Å². The summed E-state index contributed by atoms with van der Waals surface area (Å²) in [7, 11) is 0. The zero-order valence-corrected chi connectivity index (χ0v) is 15.4. The van der Waals surface area contributed by atoms with E-state index >= 15 is 0 Å². The summed E-state index contributed by atoms with van der Waals surface area (Å²) in [5.41, 5.74) is 6.77. The fourth-order valence-corrected chi connectivity index (χ4v) is 3.57. The maximum atomic E-state index is 12.8. The topological polar surface area (TPSA) is 81.2 Å². The van der Waals surface area contributed by atoms with E-state index in [2.05, 4.69) is 5.10 Å². The molecule has 3 rings (SSSR count).